The van der Waals surface area contributed by atoms with E-state index >= 15 is 0 Å². The van der Waals surface area contributed by atoms with Gasteiger partial charge in [0.15, 0.2) is 0 Å². The van der Waals surface area contributed by atoms with Crippen molar-refractivity contribution in [2.24, 2.45) is 0 Å². The van der Waals surface area contributed by atoms with Crippen molar-refractivity contribution < 1.29 is 28.7 Å². The van der Waals surface area contributed by atoms with E-state index in [-0.39, 0.29) is 12.3 Å². The van der Waals surface area contributed by atoms with Crippen molar-refractivity contribution in [1.82, 2.24) is 0 Å². The van der Waals surface area contributed by atoms with Gasteiger partial charge in [0.25, 0.3) is 0 Å². The van der Waals surface area contributed by atoms with Crippen LogP contribution in [-0.4, -0.2) is 45.5 Å². The zero-order chi connectivity index (χ0) is 28.1. The van der Waals surface area contributed by atoms with Crippen LogP contribution in [0.5, 0.6) is 17.2 Å². The summed E-state index contributed by atoms with van der Waals surface area (Å²) >= 11 is 0. The molecule has 4 aromatic carbocycles. The maximum atomic E-state index is 13.4. The van der Waals surface area contributed by atoms with E-state index in [1.807, 2.05) is 48.5 Å². The smallest absolute Gasteiger partial charge is 0.491 e. The van der Waals surface area contributed by atoms with E-state index in [0.29, 0.717) is 23.9 Å². The summed E-state index contributed by atoms with van der Waals surface area (Å²) in [7, 11) is 1.67. The molecule has 2 N–H and O–H groups in total. The standard InChI is InChI=1S/C31H31BNO6P/c1-36-24-6-12-27(13-7-24)40(28-14-8-25(37-2)9-15-28,29-16-10-26(38-3)11-17-29)19-18-31(34)33-23-5-4-22-21-39-32(35)30(22)20-23/h4-17,20,35H,18-19,21H2,1-3H3/p+1. The predicted molar refractivity (Wildman–Crippen MR) is 162 cm³/mol. The van der Waals surface area contributed by atoms with Crippen molar-refractivity contribution in [1.29, 1.82) is 0 Å². The van der Waals surface area contributed by atoms with Crippen LogP contribution in [0.25, 0.3) is 0 Å². The number of carbonyl (C=O) groups excluding carboxylic acids is 1. The van der Waals surface area contributed by atoms with E-state index in [9.17, 15) is 9.82 Å². The second-order valence-electron chi connectivity index (χ2n) is 9.50. The Labute approximate surface area is 235 Å². The van der Waals surface area contributed by atoms with Crippen molar-refractivity contribution in [3.8, 4) is 17.2 Å². The fraction of sp³-hybridized carbons (Fsp3) is 0.194. The first kappa shape index (κ1) is 27.7. The van der Waals surface area contributed by atoms with Crippen LogP contribution in [0, 0.1) is 0 Å². The number of hydrogen-bond acceptors (Lipinski definition) is 6. The topological polar surface area (TPSA) is 86.3 Å². The number of anilines is 1. The van der Waals surface area contributed by atoms with Gasteiger partial charge in [-0.2, -0.15) is 0 Å². The van der Waals surface area contributed by atoms with Crippen molar-refractivity contribution in [3.63, 3.8) is 0 Å². The van der Waals surface area contributed by atoms with Gasteiger partial charge >= 0.3 is 7.12 Å². The number of nitrogens with one attached hydrogen (secondary N) is 1. The number of hydrogen-bond donors (Lipinski definition) is 2. The number of methoxy groups -OCH3 is 3. The number of amides is 1. The molecule has 0 saturated carbocycles. The van der Waals surface area contributed by atoms with Crippen LogP contribution in [0.1, 0.15) is 12.0 Å². The molecule has 1 amide bonds. The molecule has 1 aliphatic heterocycles. The number of fused-ring (bicyclic) bond motifs is 1. The Bertz CT molecular complexity index is 1350. The monoisotopic (exact) mass is 556 g/mol. The highest BCUT2D eigenvalue weighted by Gasteiger charge is 2.45. The van der Waals surface area contributed by atoms with Gasteiger partial charge in [-0.05, 0) is 96.0 Å². The fourth-order valence-corrected chi connectivity index (χ4v) is 9.31. The molecule has 4 aromatic rings. The summed E-state index contributed by atoms with van der Waals surface area (Å²) in [4.78, 5) is 13.4. The number of rotatable bonds is 10. The molecule has 0 spiro atoms. The third kappa shape index (κ3) is 5.57. The largest absolute Gasteiger partial charge is 0.497 e. The van der Waals surface area contributed by atoms with Gasteiger partial charge in [0.1, 0.15) is 40.4 Å². The average Bonchev–Trinajstić information content (AvgIpc) is 3.38. The third-order valence-corrected chi connectivity index (χ3v) is 11.7. The molecule has 0 aromatic heterocycles. The lowest BCUT2D eigenvalue weighted by molar-refractivity contribution is -0.115. The maximum Gasteiger partial charge on any atom is 0.491 e. The number of ether oxygens (including phenoxy) is 3. The fourth-order valence-electron chi connectivity index (χ4n) is 5.13. The van der Waals surface area contributed by atoms with Crippen LogP contribution >= 0.6 is 7.26 Å². The second-order valence-corrected chi connectivity index (χ2v) is 13.1. The van der Waals surface area contributed by atoms with Gasteiger partial charge in [0.2, 0.25) is 5.91 Å². The lowest BCUT2D eigenvalue weighted by Crippen LogP contribution is -2.34. The predicted octanol–water partition coefficient (Wildman–Crippen LogP) is 3.25. The SMILES string of the molecule is COc1ccc([P+](CCC(=O)Nc2ccc3c(c2)B(O)OC3)(c2ccc(OC)cc2)c2ccc(OC)cc2)cc1. The first-order valence-electron chi connectivity index (χ1n) is 13.0. The van der Waals surface area contributed by atoms with E-state index in [0.717, 1.165) is 38.7 Å². The Morgan fingerprint density at radius 1 is 0.800 bits per heavy atom. The Morgan fingerprint density at radius 3 is 1.73 bits per heavy atom. The lowest BCUT2D eigenvalue weighted by atomic mass is 9.79. The third-order valence-electron chi connectivity index (χ3n) is 7.31. The highest BCUT2D eigenvalue weighted by Crippen LogP contribution is 2.56. The molecule has 0 bridgehead atoms. The molecule has 40 heavy (non-hydrogen) atoms. The molecular weight excluding hydrogens is 524 g/mol. The minimum absolute atomic E-state index is 0.103. The molecule has 5 rings (SSSR count). The second kappa shape index (κ2) is 12.1. The number of benzene rings is 4. The van der Waals surface area contributed by atoms with Crippen LogP contribution < -0.4 is 40.9 Å². The Kier molecular flexibility index (Phi) is 8.41. The minimum Gasteiger partial charge on any atom is -0.497 e. The molecule has 9 heteroatoms. The molecular formula is C31H32BNO6P+. The van der Waals surface area contributed by atoms with Gasteiger partial charge in [0.05, 0.1) is 40.5 Å². The summed E-state index contributed by atoms with van der Waals surface area (Å²) in [5, 5.41) is 16.5. The lowest BCUT2D eigenvalue weighted by Gasteiger charge is -2.28. The van der Waals surface area contributed by atoms with E-state index < -0.39 is 14.4 Å². The van der Waals surface area contributed by atoms with Gasteiger partial charge < -0.3 is 29.2 Å². The van der Waals surface area contributed by atoms with Gasteiger partial charge in [0, 0.05) is 5.69 Å². The molecule has 7 nitrogen and oxygen atoms in total. The first-order valence-corrected chi connectivity index (χ1v) is 15.0. The zero-order valence-corrected chi connectivity index (χ0v) is 23.7. The Morgan fingerprint density at radius 2 is 1.27 bits per heavy atom. The summed E-state index contributed by atoms with van der Waals surface area (Å²) in [5.74, 6) is 2.21. The van der Waals surface area contributed by atoms with Gasteiger partial charge in [-0.15, -0.1) is 0 Å². The van der Waals surface area contributed by atoms with Gasteiger partial charge in [-0.3, -0.25) is 4.79 Å². The first-order chi connectivity index (χ1) is 19.5. The van der Waals surface area contributed by atoms with Crippen LogP contribution in [0.3, 0.4) is 0 Å². The highest BCUT2D eigenvalue weighted by molar-refractivity contribution is 7.95. The van der Waals surface area contributed by atoms with Crippen molar-refractivity contribution in [3.05, 3.63) is 96.6 Å². The highest BCUT2D eigenvalue weighted by atomic mass is 31.2. The molecule has 0 fully saturated rings. The summed E-state index contributed by atoms with van der Waals surface area (Å²) in [6.07, 6.45) is 0.883. The van der Waals surface area contributed by atoms with Crippen LogP contribution in [0.2, 0.25) is 0 Å². The van der Waals surface area contributed by atoms with E-state index in [2.05, 4.69) is 41.7 Å². The van der Waals surface area contributed by atoms with Gasteiger partial charge in [-0.1, -0.05) is 6.07 Å². The summed E-state index contributed by atoms with van der Waals surface area (Å²) in [6.45, 7) is 0.364. The van der Waals surface area contributed by atoms with Crippen LogP contribution in [-0.2, 0) is 16.1 Å². The summed E-state index contributed by atoms with van der Waals surface area (Å²) < 4.78 is 21.6. The normalized spacial score (nSPS) is 12.6. The molecule has 0 aliphatic carbocycles. The van der Waals surface area contributed by atoms with Crippen molar-refractivity contribution in [2.45, 2.75) is 13.0 Å². The molecule has 204 valence electrons. The Balaban J connectivity index is 1.53. The van der Waals surface area contributed by atoms with Gasteiger partial charge in [-0.25, -0.2) is 0 Å². The molecule has 0 unspecified atom stereocenters. The minimum atomic E-state index is -2.31. The molecule has 1 heterocycles. The zero-order valence-electron chi connectivity index (χ0n) is 22.8. The Hall–Kier alpha value is -3.84. The van der Waals surface area contributed by atoms with Crippen LogP contribution in [0.4, 0.5) is 5.69 Å². The van der Waals surface area contributed by atoms with Crippen molar-refractivity contribution >= 4 is 47.4 Å². The molecule has 1 aliphatic rings. The van der Waals surface area contributed by atoms with E-state index in [1.54, 1.807) is 27.4 Å². The molecule has 0 atom stereocenters. The average molecular weight is 556 g/mol. The summed E-state index contributed by atoms with van der Waals surface area (Å²) in [5.41, 5.74) is 2.25. The number of carbonyl (C=O) groups is 1. The maximum absolute atomic E-state index is 13.4. The summed E-state index contributed by atoms with van der Waals surface area (Å²) in [6, 6.07) is 29.9. The molecule has 0 saturated heterocycles. The van der Waals surface area contributed by atoms with Crippen molar-refractivity contribution in [2.75, 3.05) is 32.8 Å². The quantitative estimate of drug-likeness (QED) is 0.231. The molecule has 0 radical (unpaired) electrons. The van der Waals surface area contributed by atoms with E-state index in [1.165, 1.54) is 0 Å². The van der Waals surface area contributed by atoms with Crippen LogP contribution in [0.15, 0.2) is 91.0 Å². The van der Waals surface area contributed by atoms with E-state index in [4.69, 9.17) is 18.9 Å².